The Morgan fingerprint density at radius 1 is 1.25 bits per heavy atom. The van der Waals surface area contributed by atoms with E-state index in [2.05, 4.69) is 15.3 Å². The zero-order valence-electron chi connectivity index (χ0n) is 13.7. The summed E-state index contributed by atoms with van der Waals surface area (Å²) >= 11 is 1.44. The maximum Gasteiger partial charge on any atom is 0.233 e. The largest absolute Gasteiger partial charge is 0.461 e. The molecule has 3 rings (SSSR count). The van der Waals surface area contributed by atoms with Crippen LogP contribution in [0.15, 0.2) is 52.1 Å². The first-order chi connectivity index (χ1) is 11.7. The van der Waals surface area contributed by atoms with Crippen molar-refractivity contribution in [2.45, 2.75) is 30.5 Å². The summed E-state index contributed by atoms with van der Waals surface area (Å²) in [5, 5.41) is 4.41. The van der Waals surface area contributed by atoms with Gasteiger partial charge in [-0.05, 0) is 31.5 Å². The van der Waals surface area contributed by atoms with Crippen LogP contribution < -0.4 is 5.32 Å². The second-order valence-electron chi connectivity index (χ2n) is 5.40. The smallest absolute Gasteiger partial charge is 0.233 e. The van der Waals surface area contributed by atoms with Crippen LogP contribution in [0, 0.1) is 0 Å². The lowest BCUT2D eigenvalue weighted by atomic mass is 10.2. The molecule has 2 heterocycles. The maximum absolute atomic E-state index is 12.2. The number of aromatic nitrogens is 2. The number of nitrogens with zero attached hydrogens (tertiary/aromatic N) is 2. The van der Waals surface area contributed by atoms with E-state index in [0.29, 0.717) is 18.1 Å². The van der Waals surface area contributed by atoms with Crippen molar-refractivity contribution in [3.8, 4) is 11.6 Å². The van der Waals surface area contributed by atoms with Crippen LogP contribution in [-0.4, -0.2) is 27.7 Å². The Kier molecular flexibility index (Phi) is 5.15. The number of carbonyl (C=O) groups excluding carboxylic acids is 1. The fraction of sp³-hybridized carbons (Fsp3) is 0.278. The summed E-state index contributed by atoms with van der Waals surface area (Å²) in [5.74, 6) is 1.16. The molecule has 124 valence electrons. The number of hydrogen-bond donors (Lipinski definition) is 1. The number of thioether (sulfide) groups is 1. The van der Waals surface area contributed by atoms with Gasteiger partial charge in [0, 0.05) is 11.9 Å². The molecule has 0 bridgehead atoms. The first kappa shape index (κ1) is 16.5. The van der Waals surface area contributed by atoms with Crippen molar-refractivity contribution in [3.05, 3.63) is 42.7 Å². The summed E-state index contributed by atoms with van der Waals surface area (Å²) in [7, 11) is 0. The highest BCUT2D eigenvalue weighted by Crippen LogP contribution is 2.31. The molecular formula is C18H19N3O2S. The third-order valence-corrected chi connectivity index (χ3v) is 4.62. The zero-order chi connectivity index (χ0) is 16.9. The van der Waals surface area contributed by atoms with Gasteiger partial charge in [-0.15, -0.1) is 0 Å². The van der Waals surface area contributed by atoms with Gasteiger partial charge >= 0.3 is 0 Å². The average Bonchev–Trinajstić information content (AvgIpc) is 3.14. The second-order valence-corrected chi connectivity index (χ2v) is 6.73. The molecule has 24 heavy (non-hydrogen) atoms. The molecule has 0 saturated carbocycles. The lowest BCUT2D eigenvalue weighted by molar-refractivity contribution is -0.120. The number of amides is 1. The van der Waals surface area contributed by atoms with Crippen molar-refractivity contribution in [1.82, 2.24) is 15.3 Å². The molecule has 2 aromatic heterocycles. The molecule has 0 aliphatic rings. The van der Waals surface area contributed by atoms with Gasteiger partial charge in [0.15, 0.2) is 11.6 Å². The summed E-state index contributed by atoms with van der Waals surface area (Å²) in [4.78, 5) is 21.3. The van der Waals surface area contributed by atoms with E-state index in [9.17, 15) is 4.79 Å². The standard InChI is InChI=1S/C18H19N3O2S/c1-3-10-19-17(22)12(2)24-18-13-7-4-5-8-14(13)20-16(21-18)15-9-6-11-23-15/h4-9,11-12H,3,10H2,1-2H3,(H,19,22)/t12-/m1/s1. The minimum Gasteiger partial charge on any atom is -0.461 e. The minimum absolute atomic E-state index is 0.0177. The van der Waals surface area contributed by atoms with Gasteiger partial charge in [-0.25, -0.2) is 9.97 Å². The number of carbonyl (C=O) groups is 1. The van der Waals surface area contributed by atoms with Gasteiger partial charge in [-0.1, -0.05) is 36.9 Å². The monoisotopic (exact) mass is 341 g/mol. The van der Waals surface area contributed by atoms with Gasteiger partial charge in [0.05, 0.1) is 17.0 Å². The molecule has 0 fully saturated rings. The quantitative estimate of drug-likeness (QED) is 0.544. The highest BCUT2D eigenvalue weighted by molar-refractivity contribution is 8.00. The first-order valence-electron chi connectivity index (χ1n) is 7.94. The second kappa shape index (κ2) is 7.49. The Hall–Kier alpha value is -2.34. The predicted molar refractivity (Wildman–Crippen MR) is 95.9 cm³/mol. The lowest BCUT2D eigenvalue weighted by Crippen LogP contribution is -2.31. The van der Waals surface area contributed by atoms with Gasteiger partial charge in [0.1, 0.15) is 5.03 Å². The molecule has 0 saturated heterocycles. The Labute approximate surface area is 144 Å². The van der Waals surface area contributed by atoms with Crippen LogP contribution in [0.3, 0.4) is 0 Å². The van der Waals surface area contributed by atoms with Crippen molar-refractivity contribution in [3.63, 3.8) is 0 Å². The normalized spacial score (nSPS) is 12.2. The number of furan rings is 1. The molecule has 6 heteroatoms. The SMILES string of the molecule is CCCNC(=O)[C@@H](C)Sc1nc(-c2ccco2)nc2ccccc12. The maximum atomic E-state index is 12.2. The number of para-hydroxylation sites is 1. The number of rotatable bonds is 6. The van der Waals surface area contributed by atoms with Gasteiger partial charge in [-0.3, -0.25) is 4.79 Å². The lowest BCUT2D eigenvalue weighted by Gasteiger charge is -2.13. The number of hydrogen-bond acceptors (Lipinski definition) is 5. The van der Waals surface area contributed by atoms with Crippen LogP contribution in [0.1, 0.15) is 20.3 Å². The predicted octanol–water partition coefficient (Wildman–Crippen LogP) is 3.90. The molecule has 3 aromatic rings. The molecule has 0 aliphatic carbocycles. The minimum atomic E-state index is -0.237. The molecule has 1 atom stereocenters. The van der Waals surface area contributed by atoms with Crippen molar-refractivity contribution in [2.75, 3.05) is 6.54 Å². The topological polar surface area (TPSA) is 68.0 Å². The van der Waals surface area contributed by atoms with Gasteiger partial charge in [-0.2, -0.15) is 0 Å². The molecule has 1 N–H and O–H groups in total. The Bertz CT molecular complexity index is 833. The zero-order valence-corrected chi connectivity index (χ0v) is 14.5. The van der Waals surface area contributed by atoms with E-state index in [0.717, 1.165) is 22.3 Å². The third-order valence-electron chi connectivity index (χ3n) is 3.52. The van der Waals surface area contributed by atoms with E-state index >= 15 is 0 Å². The van der Waals surface area contributed by atoms with Crippen LogP contribution in [0.2, 0.25) is 0 Å². The van der Waals surface area contributed by atoms with Crippen molar-refractivity contribution < 1.29 is 9.21 Å². The first-order valence-corrected chi connectivity index (χ1v) is 8.82. The van der Waals surface area contributed by atoms with Gasteiger partial charge in [0.25, 0.3) is 0 Å². The van der Waals surface area contributed by atoms with E-state index in [-0.39, 0.29) is 11.2 Å². The summed E-state index contributed by atoms with van der Waals surface area (Å²) in [6, 6.07) is 11.4. The van der Waals surface area contributed by atoms with Gasteiger partial charge in [0.2, 0.25) is 5.91 Å². The molecule has 1 aromatic carbocycles. The summed E-state index contributed by atoms with van der Waals surface area (Å²) in [5.41, 5.74) is 0.836. The van der Waals surface area contributed by atoms with Crippen LogP contribution in [0.4, 0.5) is 0 Å². The summed E-state index contributed by atoms with van der Waals surface area (Å²) < 4.78 is 5.42. The summed E-state index contributed by atoms with van der Waals surface area (Å²) in [6.07, 6.45) is 2.52. The molecule has 0 unspecified atom stereocenters. The van der Waals surface area contributed by atoms with Crippen LogP contribution in [-0.2, 0) is 4.79 Å². The van der Waals surface area contributed by atoms with Crippen LogP contribution in [0.5, 0.6) is 0 Å². The molecule has 0 radical (unpaired) electrons. The Morgan fingerprint density at radius 3 is 2.83 bits per heavy atom. The summed E-state index contributed by atoms with van der Waals surface area (Å²) in [6.45, 7) is 4.61. The number of fused-ring (bicyclic) bond motifs is 1. The molecule has 5 nitrogen and oxygen atoms in total. The van der Waals surface area contributed by atoms with E-state index in [1.54, 1.807) is 6.26 Å². The van der Waals surface area contributed by atoms with Crippen LogP contribution >= 0.6 is 11.8 Å². The molecular weight excluding hydrogens is 322 g/mol. The van der Waals surface area contributed by atoms with E-state index in [4.69, 9.17) is 4.42 Å². The highest BCUT2D eigenvalue weighted by atomic mass is 32.2. The van der Waals surface area contributed by atoms with Gasteiger partial charge < -0.3 is 9.73 Å². The number of nitrogens with one attached hydrogen (secondary N) is 1. The van der Waals surface area contributed by atoms with Crippen molar-refractivity contribution in [2.24, 2.45) is 0 Å². The fourth-order valence-electron chi connectivity index (χ4n) is 2.27. The highest BCUT2D eigenvalue weighted by Gasteiger charge is 2.18. The molecule has 0 spiro atoms. The van der Waals surface area contributed by atoms with Crippen molar-refractivity contribution in [1.29, 1.82) is 0 Å². The van der Waals surface area contributed by atoms with Crippen molar-refractivity contribution >= 4 is 28.6 Å². The average molecular weight is 341 g/mol. The Balaban J connectivity index is 1.95. The molecule has 1 amide bonds. The van der Waals surface area contributed by atoms with E-state index in [1.165, 1.54) is 11.8 Å². The fourth-order valence-corrected chi connectivity index (χ4v) is 3.23. The van der Waals surface area contributed by atoms with Crippen LogP contribution in [0.25, 0.3) is 22.5 Å². The Morgan fingerprint density at radius 2 is 2.08 bits per heavy atom. The number of benzene rings is 1. The third kappa shape index (κ3) is 3.59. The van der Waals surface area contributed by atoms with E-state index in [1.807, 2.05) is 50.2 Å². The van der Waals surface area contributed by atoms with E-state index < -0.39 is 0 Å². The molecule has 0 aliphatic heterocycles.